The van der Waals surface area contributed by atoms with E-state index in [0.29, 0.717) is 15.4 Å². The number of thiophene rings is 1. The molecule has 1 amide bonds. The van der Waals surface area contributed by atoms with E-state index in [1.807, 2.05) is 6.92 Å². The molecule has 1 heterocycles. The van der Waals surface area contributed by atoms with Gasteiger partial charge < -0.3 is 10.4 Å². The van der Waals surface area contributed by atoms with Crippen LogP contribution in [0.15, 0.2) is 30.3 Å². The Hall–Kier alpha value is -2.14. The molecule has 4 nitrogen and oxygen atoms in total. The lowest BCUT2D eigenvalue weighted by Crippen LogP contribution is -2.10. The number of benzene rings is 1. The normalized spacial score (nSPS) is 10.2. The summed E-state index contributed by atoms with van der Waals surface area (Å²) in [4.78, 5) is 24.1. The first-order chi connectivity index (χ1) is 8.97. The van der Waals surface area contributed by atoms with Gasteiger partial charge >= 0.3 is 0 Å². The zero-order valence-corrected chi connectivity index (χ0v) is 11.4. The van der Waals surface area contributed by atoms with Gasteiger partial charge in [0.1, 0.15) is 5.75 Å². The van der Waals surface area contributed by atoms with Gasteiger partial charge in [-0.1, -0.05) is 6.07 Å². The van der Waals surface area contributed by atoms with Crippen LogP contribution >= 0.6 is 11.3 Å². The highest BCUT2D eigenvalue weighted by Gasteiger charge is 2.13. The van der Waals surface area contributed by atoms with Gasteiger partial charge in [-0.05, 0) is 43.7 Å². The number of anilines is 1. The van der Waals surface area contributed by atoms with Crippen molar-refractivity contribution in [2.75, 3.05) is 5.32 Å². The van der Waals surface area contributed by atoms with Crippen molar-refractivity contribution in [1.29, 1.82) is 0 Å². The Morgan fingerprint density at radius 2 is 1.84 bits per heavy atom. The van der Waals surface area contributed by atoms with E-state index < -0.39 is 0 Å². The lowest BCUT2D eigenvalue weighted by Gasteiger charge is -2.06. The number of carbonyl (C=O) groups excluding carboxylic acids is 2. The van der Waals surface area contributed by atoms with Crippen LogP contribution in [0.3, 0.4) is 0 Å². The third-order valence-corrected chi connectivity index (χ3v) is 3.76. The van der Waals surface area contributed by atoms with E-state index in [1.165, 1.54) is 6.92 Å². The number of phenolic OH excluding ortho intramolecular Hbond substituents is 1. The van der Waals surface area contributed by atoms with Crippen molar-refractivity contribution in [2.45, 2.75) is 13.8 Å². The third kappa shape index (κ3) is 3.00. The molecule has 2 N–H and O–H groups in total. The Kier molecular flexibility index (Phi) is 3.66. The number of phenols is 1. The number of carbonyl (C=O) groups is 2. The molecular formula is C14H13NO3S. The topological polar surface area (TPSA) is 66.4 Å². The number of nitrogens with one attached hydrogen (secondary N) is 1. The lowest BCUT2D eigenvalue weighted by molar-refractivity contribution is 0.101. The fourth-order valence-electron chi connectivity index (χ4n) is 1.58. The Labute approximate surface area is 114 Å². The zero-order valence-electron chi connectivity index (χ0n) is 10.6. The first-order valence-electron chi connectivity index (χ1n) is 5.69. The van der Waals surface area contributed by atoms with Crippen molar-refractivity contribution in [3.05, 3.63) is 45.6 Å². The van der Waals surface area contributed by atoms with E-state index in [4.69, 9.17) is 0 Å². The van der Waals surface area contributed by atoms with Crippen molar-refractivity contribution in [1.82, 2.24) is 0 Å². The maximum atomic E-state index is 12.0. The molecule has 19 heavy (non-hydrogen) atoms. The van der Waals surface area contributed by atoms with Gasteiger partial charge in [-0.15, -0.1) is 11.3 Å². The van der Waals surface area contributed by atoms with Crippen molar-refractivity contribution in [3.8, 4) is 5.75 Å². The summed E-state index contributed by atoms with van der Waals surface area (Å²) < 4.78 is 0. The van der Waals surface area contributed by atoms with Crippen molar-refractivity contribution in [2.24, 2.45) is 0 Å². The molecule has 5 heteroatoms. The van der Waals surface area contributed by atoms with Gasteiger partial charge in [-0.2, -0.15) is 0 Å². The molecule has 0 saturated carbocycles. The molecule has 2 rings (SSSR count). The van der Waals surface area contributed by atoms with Crippen molar-refractivity contribution >= 4 is 28.7 Å². The van der Waals surface area contributed by atoms with Gasteiger partial charge in [0.2, 0.25) is 0 Å². The third-order valence-electron chi connectivity index (χ3n) is 2.58. The summed E-state index contributed by atoms with van der Waals surface area (Å²) in [6.45, 7) is 3.31. The second-order valence-corrected chi connectivity index (χ2v) is 5.28. The second kappa shape index (κ2) is 5.24. The maximum absolute atomic E-state index is 12.0. The molecule has 0 fully saturated rings. The van der Waals surface area contributed by atoms with E-state index in [9.17, 15) is 14.7 Å². The van der Waals surface area contributed by atoms with E-state index >= 15 is 0 Å². The van der Waals surface area contributed by atoms with E-state index in [0.717, 1.165) is 16.9 Å². The summed E-state index contributed by atoms with van der Waals surface area (Å²) in [6, 6.07) is 8.23. The number of aromatic hydroxyl groups is 1. The molecule has 0 spiro atoms. The predicted molar refractivity (Wildman–Crippen MR) is 75.1 cm³/mol. The SMILES string of the molecule is CC(=O)c1ccc(C(=O)Nc2ccc(C)cc2O)s1. The van der Waals surface area contributed by atoms with Crippen LogP contribution in [0.2, 0.25) is 0 Å². The number of rotatable bonds is 3. The molecule has 0 aliphatic rings. The smallest absolute Gasteiger partial charge is 0.265 e. The minimum absolute atomic E-state index is 0.0247. The number of aryl methyl sites for hydroxylation is 1. The predicted octanol–water partition coefficient (Wildman–Crippen LogP) is 3.22. The highest BCUT2D eigenvalue weighted by atomic mass is 32.1. The number of amides is 1. The van der Waals surface area contributed by atoms with E-state index in [2.05, 4.69) is 5.32 Å². The quantitative estimate of drug-likeness (QED) is 0.667. The Morgan fingerprint density at radius 3 is 2.42 bits per heavy atom. The maximum Gasteiger partial charge on any atom is 0.265 e. The summed E-state index contributed by atoms with van der Waals surface area (Å²) >= 11 is 1.13. The molecule has 0 saturated heterocycles. The van der Waals surface area contributed by atoms with Gasteiger partial charge in [0, 0.05) is 0 Å². The fourth-order valence-corrected chi connectivity index (χ4v) is 2.38. The average Bonchev–Trinajstić information content (AvgIpc) is 2.82. The van der Waals surface area contributed by atoms with Gasteiger partial charge in [0.05, 0.1) is 15.4 Å². The molecule has 1 aromatic heterocycles. The number of Topliss-reactive ketones (excluding diaryl/α,β-unsaturated/α-hetero) is 1. The Morgan fingerprint density at radius 1 is 1.16 bits per heavy atom. The van der Waals surface area contributed by atoms with Crippen molar-refractivity contribution < 1.29 is 14.7 Å². The van der Waals surface area contributed by atoms with Crippen LogP contribution in [0.5, 0.6) is 5.75 Å². The largest absolute Gasteiger partial charge is 0.506 e. The van der Waals surface area contributed by atoms with Crippen LogP contribution in [0.25, 0.3) is 0 Å². The average molecular weight is 275 g/mol. The van der Waals surface area contributed by atoms with Crippen LogP contribution in [-0.2, 0) is 0 Å². The second-order valence-electron chi connectivity index (χ2n) is 4.19. The molecule has 98 valence electrons. The first kappa shape index (κ1) is 13.3. The van der Waals surface area contributed by atoms with Gasteiger partial charge in [-0.25, -0.2) is 0 Å². The van der Waals surface area contributed by atoms with Crippen LogP contribution < -0.4 is 5.32 Å². The van der Waals surface area contributed by atoms with Crippen LogP contribution in [-0.4, -0.2) is 16.8 Å². The number of ketones is 1. The molecular weight excluding hydrogens is 262 g/mol. The summed E-state index contributed by atoms with van der Waals surface area (Å²) in [5.74, 6) is -0.379. The van der Waals surface area contributed by atoms with Crippen molar-refractivity contribution in [3.63, 3.8) is 0 Å². The number of hydrogen-bond acceptors (Lipinski definition) is 4. The highest BCUT2D eigenvalue weighted by Crippen LogP contribution is 2.25. The standard InChI is InChI=1S/C14H13NO3S/c1-8-3-4-10(11(17)7-8)15-14(18)13-6-5-12(19-13)9(2)16/h3-7,17H,1-2H3,(H,15,18). The lowest BCUT2D eigenvalue weighted by atomic mass is 10.2. The summed E-state index contributed by atoms with van der Waals surface area (Å²) in [5, 5.41) is 12.3. The van der Waals surface area contributed by atoms with Gasteiger partial charge in [0.15, 0.2) is 5.78 Å². The first-order valence-corrected chi connectivity index (χ1v) is 6.51. The monoisotopic (exact) mass is 275 g/mol. The fraction of sp³-hybridized carbons (Fsp3) is 0.143. The molecule has 2 aromatic rings. The Bertz CT molecular complexity index is 646. The number of hydrogen-bond donors (Lipinski definition) is 2. The van der Waals surface area contributed by atoms with Crippen LogP contribution in [0.1, 0.15) is 31.8 Å². The van der Waals surface area contributed by atoms with E-state index in [-0.39, 0.29) is 17.4 Å². The van der Waals surface area contributed by atoms with Crippen LogP contribution in [0.4, 0.5) is 5.69 Å². The molecule has 0 atom stereocenters. The van der Waals surface area contributed by atoms with Gasteiger partial charge in [-0.3, -0.25) is 9.59 Å². The van der Waals surface area contributed by atoms with Gasteiger partial charge in [0.25, 0.3) is 5.91 Å². The van der Waals surface area contributed by atoms with Crippen LogP contribution in [0, 0.1) is 6.92 Å². The highest BCUT2D eigenvalue weighted by molar-refractivity contribution is 7.16. The summed E-state index contributed by atoms with van der Waals surface area (Å²) in [7, 11) is 0. The molecule has 0 aliphatic carbocycles. The Balaban J connectivity index is 2.18. The molecule has 0 unspecified atom stereocenters. The molecule has 1 aromatic carbocycles. The van der Waals surface area contributed by atoms with E-state index in [1.54, 1.807) is 30.3 Å². The molecule has 0 bridgehead atoms. The minimum atomic E-state index is -0.336. The molecule has 0 aliphatic heterocycles. The summed E-state index contributed by atoms with van der Waals surface area (Å²) in [6.07, 6.45) is 0. The zero-order chi connectivity index (χ0) is 14.0. The minimum Gasteiger partial charge on any atom is -0.506 e. The summed E-state index contributed by atoms with van der Waals surface area (Å²) in [5.41, 5.74) is 1.26. The molecule has 0 radical (unpaired) electrons.